The summed E-state index contributed by atoms with van der Waals surface area (Å²) in [5, 5.41) is 6.20. The van der Waals surface area contributed by atoms with Crippen LogP contribution in [0.3, 0.4) is 0 Å². The molecule has 0 fully saturated rings. The first kappa shape index (κ1) is 19.4. The second-order valence-electron chi connectivity index (χ2n) is 6.36. The third-order valence-corrected chi connectivity index (χ3v) is 6.72. The number of hydrogen-bond donors (Lipinski definition) is 1. The van der Waals surface area contributed by atoms with Gasteiger partial charge in [-0.3, -0.25) is 9.48 Å². The van der Waals surface area contributed by atoms with Crippen molar-refractivity contribution >= 4 is 57.0 Å². The summed E-state index contributed by atoms with van der Waals surface area (Å²) in [5.41, 5.74) is 2.30. The monoisotopic (exact) mass is 450 g/mol. The Labute approximate surface area is 180 Å². The summed E-state index contributed by atoms with van der Waals surface area (Å²) in [5.74, 6) is 0. The molecule has 0 unspecified atom stereocenters. The summed E-state index contributed by atoms with van der Waals surface area (Å²) < 4.78 is 3.52. The van der Waals surface area contributed by atoms with E-state index in [1.165, 1.54) is 4.57 Å². The van der Waals surface area contributed by atoms with Gasteiger partial charge in [-0.1, -0.05) is 36.2 Å². The third kappa shape index (κ3) is 3.22. The van der Waals surface area contributed by atoms with Crippen molar-refractivity contribution in [3.8, 4) is 5.69 Å². The van der Waals surface area contributed by atoms with E-state index in [1.807, 2.05) is 13.8 Å². The van der Waals surface area contributed by atoms with E-state index < -0.39 is 0 Å². The quantitative estimate of drug-likeness (QED) is 0.415. The summed E-state index contributed by atoms with van der Waals surface area (Å²) in [6.07, 6.45) is 4.17. The maximum atomic E-state index is 13.2. The standard InChI is InChI=1S/C19H16Cl2N4OS2/c1-3-12-10(2)28-17-16(12)18(26)25(19(27)23-17)11-7-22-24(8-11)9-13-14(20)5-4-6-15(13)21/h4-8H,3,9H2,1-2H3,(H,23,27). The lowest BCUT2D eigenvalue weighted by Gasteiger charge is -2.07. The lowest BCUT2D eigenvalue weighted by Crippen LogP contribution is -2.20. The van der Waals surface area contributed by atoms with Crippen LogP contribution in [0, 0.1) is 11.7 Å². The summed E-state index contributed by atoms with van der Waals surface area (Å²) in [4.78, 5) is 18.4. The zero-order valence-corrected chi connectivity index (χ0v) is 18.3. The summed E-state index contributed by atoms with van der Waals surface area (Å²) in [6, 6.07) is 5.37. The molecule has 0 aliphatic rings. The summed E-state index contributed by atoms with van der Waals surface area (Å²) in [7, 11) is 0. The van der Waals surface area contributed by atoms with E-state index in [4.69, 9.17) is 35.4 Å². The zero-order chi connectivity index (χ0) is 20.0. The third-order valence-electron chi connectivity index (χ3n) is 4.66. The van der Waals surface area contributed by atoms with E-state index in [0.29, 0.717) is 32.4 Å². The van der Waals surface area contributed by atoms with Crippen molar-refractivity contribution < 1.29 is 0 Å². The van der Waals surface area contributed by atoms with Gasteiger partial charge in [0.2, 0.25) is 0 Å². The molecule has 0 atom stereocenters. The molecule has 0 radical (unpaired) electrons. The fourth-order valence-electron chi connectivity index (χ4n) is 3.31. The molecule has 0 saturated heterocycles. The number of aromatic nitrogens is 4. The van der Waals surface area contributed by atoms with E-state index in [0.717, 1.165) is 27.3 Å². The smallest absolute Gasteiger partial charge is 0.268 e. The number of thiophene rings is 1. The Kier molecular flexibility index (Phi) is 5.18. The highest BCUT2D eigenvalue weighted by Crippen LogP contribution is 2.28. The van der Waals surface area contributed by atoms with E-state index in [1.54, 1.807) is 46.6 Å². The van der Waals surface area contributed by atoms with Gasteiger partial charge in [-0.15, -0.1) is 11.3 Å². The molecular weight excluding hydrogens is 435 g/mol. The fraction of sp³-hybridized carbons (Fsp3) is 0.211. The number of aryl methyl sites for hydroxylation is 2. The Morgan fingerprint density at radius 1 is 1.25 bits per heavy atom. The SMILES string of the molecule is CCc1c(C)sc2[nH]c(=S)n(-c3cnn(Cc4c(Cl)cccc4Cl)c3)c(=O)c12. The van der Waals surface area contributed by atoms with Crippen LogP contribution < -0.4 is 5.56 Å². The van der Waals surface area contributed by atoms with Crippen LogP contribution in [0.2, 0.25) is 10.0 Å². The molecule has 5 nitrogen and oxygen atoms in total. The predicted molar refractivity (Wildman–Crippen MR) is 118 cm³/mol. The van der Waals surface area contributed by atoms with Gasteiger partial charge in [-0.2, -0.15) is 5.10 Å². The van der Waals surface area contributed by atoms with Gasteiger partial charge < -0.3 is 4.98 Å². The van der Waals surface area contributed by atoms with E-state index in [2.05, 4.69) is 10.1 Å². The second kappa shape index (κ2) is 7.48. The minimum atomic E-state index is -0.129. The van der Waals surface area contributed by atoms with Crippen molar-refractivity contribution in [2.75, 3.05) is 0 Å². The number of benzene rings is 1. The first-order valence-corrected chi connectivity index (χ1v) is 10.6. The molecule has 28 heavy (non-hydrogen) atoms. The van der Waals surface area contributed by atoms with Crippen LogP contribution in [-0.4, -0.2) is 19.3 Å². The van der Waals surface area contributed by atoms with Crippen LogP contribution in [0.5, 0.6) is 0 Å². The molecule has 0 bridgehead atoms. The van der Waals surface area contributed by atoms with Crippen LogP contribution in [0.1, 0.15) is 22.9 Å². The molecule has 9 heteroatoms. The minimum absolute atomic E-state index is 0.129. The van der Waals surface area contributed by atoms with E-state index >= 15 is 0 Å². The molecular formula is C19H16Cl2N4OS2. The number of halogens is 2. The van der Waals surface area contributed by atoms with Gasteiger partial charge in [0.15, 0.2) is 4.77 Å². The number of nitrogens with zero attached hydrogens (tertiary/aromatic N) is 3. The Bertz CT molecular complexity index is 1300. The zero-order valence-electron chi connectivity index (χ0n) is 15.1. The average Bonchev–Trinajstić information content (AvgIpc) is 3.22. The molecule has 0 spiro atoms. The Morgan fingerprint density at radius 2 is 1.96 bits per heavy atom. The van der Waals surface area contributed by atoms with Crippen LogP contribution in [0.25, 0.3) is 15.9 Å². The minimum Gasteiger partial charge on any atom is -0.323 e. The highest BCUT2D eigenvalue weighted by molar-refractivity contribution is 7.71. The van der Waals surface area contributed by atoms with Gasteiger partial charge >= 0.3 is 0 Å². The highest BCUT2D eigenvalue weighted by Gasteiger charge is 2.16. The van der Waals surface area contributed by atoms with Gasteiger partial charge in [-0.05, 0) is 43.3 Å². The van der Waals surface area contributed by atoms with Gasteiger partial charge in [-0.25, -0.2) is 4.57 Å². The molecule has 4 rings (SSSR count). The first-order valence-electron chi connectivity index (χ1n) is 8.63. The maximum absolute atomic E-state index is 13.2. The molecule has 0 amide bonds. The van der Waals surface area contributed by atoms with Crippen LogP contribution in [-0.2, 0) is 13.0 Å². The number of H-pyrrole nitrogens is 1. The maximum Gasteiger partial charge on any atom is 0.268 e. The van der Waals surface area contributed by atoms with Gasteiger partial charge in [0.1, 0.15) is 4.83 Å². The second-order valence-corrected chi connectivity index (χ2v) is 8.79. The molecule has 4 aromatic rings. The normalized spacial score (nSPS) is 11.4. The number of hydrogen-bond acceptors (Lipinski definition) is 4. The first-order chi connectivity index (χ1) is 13.4. The number of fused-ring (bicyclic) bond motifs is 1. The number of nitrogens with one attached hydrogen (secondary N) is 1. The summed E-state index contributed by atoms with van der Waals surface area (Å²) in [6.45, 7) is 4.46. The largest absolute Gasteiger partial charge is 0.323 e. The van der Waals surface area contributed by atoms with Gasteiger partial charge in [0.05, 0.1) is 23.8 Å². The van der Waals surface area contributed by atoms with Crippen LogP contribution in [0.15, 0.2) is 35.4 Å². The lowest BCUT2D eigenvalue weighted by atomic mass is 10.1. The highest BCUT2D eigenvalue weighted by atomic mass is 35.5. The molecule has 3 aromatic heterocycles. The molecule has 3 heterocycles. The molecule has 0 saturated carbocycles. The average molecular weight is 451 g/mol. The Morgan fingerprint density at radius 3 is 2.64 bits per heavy atom. The van der Waals surface area contributed by atoms with Crippen LogP contribution >= 0.6 is 46.8 Å². The van der Waals surface area contributed by atoms with E-state index in [9.17, 15) is 4.79 Å². The van der Waals surface area contributed by atoms with Gasteiger partial charge in [0, 0.05) is 26.7 Å². The number of rotatable bonds is 4. The lowest BCUT2D eigenvalue weighted by molar-refractivity contribution is 0.686. The van der Waals surface area contributed by atoms with Crippen molar-refractivity contribution in [1.29, 1.82) is 0 Å². The van der Waals surface area contributed by atoms with Gasteiger partial charge in [0.25, 0.3) is 5.56 Å². The van der Waals surface area contributed by atoms with E-state index in [-0.39, 0.29) is 5.56 Å². The van der Waals surface area contributed by atoms with Crippen molar-refractivity contribution in [2.24, 2.45) is 0 Å². The summed E-state index contributed by atoms with van der Waals surface area (Å²) >= 11 is 19.5. The molecule has 1 N–H and O–H groups in total. The van der Waals surface area contributed by atoms with Crippen molar-refractivity contribution in [2.45, 2.75) is 26.8 Å². The van der Waals surface area contributed by atoms with Crippen molar-refractivity contribution in [3.05, 3.63) is 71.8 Å². The van der Waals surface area contributed by atoms with Crippen molar-refractivity contribution in [1.82, 2.24) is 19.3 Å². The Hall–Kier alpha value is -1.93. The molecule has 144 valence electrons. The molecule has 0 aliphatic heterocycles. The topological polar surface area (TPSA) is 55.6 Å². The molecule has 1 aromatic carbocycles. The fourth-order valence-corrected chi connectivity index (χ4v) is 5.32. The van der Waals surface area contributed by atoms with Crippen LogP contribution in [0.4, 0.5) is 0 Å². The molecule has 0 aliphatic carbocycles. The Balaban J connectivity index is 1.82. The number of aromatic amines is 1. The predicted octanol–water partition coefficient (Wildman–Crippen LogP) is 5.53. The van der Waals surface area contributed by atoms with Crippen molar-refractivity contribution in [3.63, 3.8) is 0 Å².